The van der Waals surface area contributed by atoms with Crippen LogP contribution in [0.5, 0.6) is 0 Å². The predicted molar refractivity (Wildman–Crippen MR) is 63.6 cm³/mol. The minimum atomic E-state index is 0.632. The Hall–Kier alpha value is -1.08. The molecular weight excluding hydrogens is 182 g/mol. The fraction of sp³-hybridized carbons (Fsp3) is 0.429. The number of rotatable bonds is 1. The molecule has 0 spiro atoms. The van der Waals surface area contributed by atoms with Gasteiger partial charge in [0, 0.05) is 12.1 Å². The van der Waals surface area contributed by atoms with Gasteiger partial charge in [0.05, 0.1) is 0 Å². The first kappa shape index (κ1) is 9.17. The number of hydrogen-bond acceptors (Lipinski definition) is 1. The van der Waals surface area contributed by atoms with Crippen molar-refractivity contribution >= 4 is 5.57 Å². The molecule has 0 aliphatic carbocycles. The van der Waals surface area contributed by atoms with Crippen LogP contribution in [0, 0.1) is 0 Å². The summed E-state index contributed by atoms with van der Waals surface area (Å²) in [4.78, 5) is 2.63. The lowest BCUT2D eigenvalue weighted by atomic mass is 9.98. The summed E-state index contributed by atoms with van der Waals surface area (Å²) < 4.78 is 0. The summed E-state index contributed by atoms with van der Waals surface area (Å²) in [5.41, 5.74) is 2.97. The Bertz CT molecular complexity index is 380. The molecule has 1 nitrogen and oxygen atoms in total. The maximum absolute atomic E-state index is 2.63. The first-order chi connectivity index (χ1) is 7.36. The fourth-order valence-corrected chi connectivity index (χ4v) is 3.00. The third kappa shape index (κ3) is 1.42. The van der Waals surface area contributed by atoms with Gasteiger partial charge in [0.15, 0.2) is 0 Å². The van der Waals surface area contributed by atoms with Crippen LogP contribution >= 0.6 is 0 Å². The van der Waals surface area contributed by atoms with E-state index in [1.165, 1.54) is 24.9 Å². The van der Waals surface area contributed by atoms with E-state index in [0.717, 1.165) is 0 Å². The van der Waals surface area contributed by atoms with Crippen molar-refractivity contribution in [2.75, 3.05) is 6.54 Å². The minimum Gasteiger partial charge on any atom is -0.290 e. The van der Waals surface area contributed by atoms with Crippen LogP contribution in [0.1, 0.15) is 25.3 Å². The van der Waals surface area contributed by atoms with Gasteiger partial charge in [-0.3, -0.25) is 4.90 Å². The molecule has 78 valence electrons. The van der Waals surface area contributed by atoms with E-state index in [2.05, 4.69) is 48.2 Å². The standard InChI is InChI=1S/C14H17N/c1-11-10-13(12-6-3-2-4-7-12)14-8-5-9-15(11)14/h2-4,6-7,10-11,14H,5,8-9H2,1H3. The van der Waals surface area contributed by atoms with Gasteiger partial charge in [0.25, 0.3) is 0 Å². The van der Waals surface area contributed by atoms with Crippen LogP contribution in [0.25, 0.3) is 5.57 Å². The molecule has 1 aromatic rings. The first-order valence-corrected chi connectivity index (χ1v) is 5.89. The first-order valence-electron chi connectivity index (χ1n) is 5.89. The van der Waals surface area contributed by atoms with Gasteiger partial charge >= 0.3 is 0 Å². The largest absolute Gasteiger partial charge is 0.290 e. The Kier molecular flexibility index (Phi) is 2.14. The van der Waals surface area contributed by atoms with E-state index in [1.807, 2.05) is 0 Å². The number of nitrogens with zero attached hydrogens (tertiary/aromatic N) is 1. The third-order valence-electron chi connectivity index (χ3n) is 3.70. The maximum atomic E-state index is 2.63. The van der Waals surface area contributed by atoms with Gasteiger partial charge in [0.1, 0.15) is 0 Å². The van der Waals surface area contributed by atoms with E-state index >= 15 is 0 Å². The topological polar surface area (TPSA) is 3.24 Å². The molecule has 2 aliphatic heterocycles. The highest BCUT2D eigenvalue weighted by molar-refractivity contribution is 5.72. The molecule has 2 heterocycles. The second kappa shape index (κ2) is 3.49. The van der Waals surface area contributed by atoms with Crippen molar-refractivity contribution in [1.29, 1.82) is 0 Å². The molecule has 2 aliphatic rings. The zero-order valence-electron chi connectivity index (χ0n) is 9.19. The molecule has 0 N–H and O–H groups in total. The third-order valence-corrected chi connectivity index (χ3v) is 3.70. The van der Waals surface area contributed by atoms with Crippen molar-refractivity contribution in [2.45, 2.75) is 31.8 Å². The highest BCUT2D eigenvalue weighted by atomic mass is 15.2. The zero-order valence-corrected chi connectivity index (χ0v) is 9.19. The van der Waals surface area contributed by atoms with E-state index in [0.29, 0.717) is 12.1 Å². The van der Waals surface area contributed by atoms with Gasteiger partial charge in [0.2, 0.25) is 0 Å². The summed E-state index contributed by atoms with van der Waals surface area (Å²) in [5.74, 6) is 0. The maximum Gasteiger partial charge on any atom is 0.0357 e. The number of fused-ring (bicyclic) bond motifs is 1. The van der Waals surface area contributed by atoms with Gasteiger partial charge in [-0.25, -0.2) is 0 Å². The number of benzene rings is 1. The summed E-state index contributed by atoms with van der Waals surface area (Å²) in [6.45, 7) is 3.59. The average Bonchev–Trinajstić information content (AvgIpc) is 2.84. The fourth-order valence-electron chi connectivity index (χ4n) is 3.00. The highest BCUT2D eigenvalue weighted by Crippen LogP contribution is 2.37. The van der Waals surface area contributed by atoms with Crippen molar-refractivity contribution < 1.29 is 0 Å². The lowest BCUT2D eigenvalue weighted by Gasteiger charge is -2.22. The molecule has 1 heteroatoms. The molecule has 0 amide bonds. The van der Waals surface area contributed by atoms with Crippen molar-refractivity contribution in [3.63, 3.8) is 0 Å². The Labute approximate surface area is 91.4 Å². The Balaban J connectivity index is 1.97. The molecule has 15 heavy (non-hydrogen) atoms. The Morgan fingerprint density at radius 2 is 2.00 bits per heavy atom. The molecule has 0 aromatic heterocycles. The number of hydrogen-bond donors (Lipinski definition) is 0. The van der Waals surface area contributed by atoms with Crippen LogP contribution in [0.4, 0.5) is 0 Å². The SMILES string of the molecule is CC1C=C(c2ccccc2)C2CCCN12. The zero-order chi connectivity index (χ0) is 10.3. The lowest BCUT2D eigenvalue weighted by molar-refractivity contribution is 0.281. The molecule has 1 fully saturated rings. The highest BCUT2D eigenvalue weighted by Gasteiger charge is 2.35. The van der Waals surface area contributed by atoms with Gasteiger partial charge < -0.3 is 0 Å². The van der Waals surface area contributed by atoms with Crippen LogP contribution in [0.3, 0.4) is 0 Å². The summed E-state index contributed by atoms with van der Waals surface area (Å²) in [6.07, 6.45) is 5.14. The van der Waals surface area contributed by atoms with Gasteiger partial charge in [-0.1, -0.05) is 36.4 Å². The molecular formula is C14H17N. The predicted octanol–water partition coefficient (Wildman–Crippen LogP) is 2.94. The van der Waals surface area contributed by atoms with Crippen molar-refractivity contribution in [3.05, 3.63) is 42.0 Å². The van der Waals surface area contributed by atoms with E-state index in [9.17, 15) is 0 Å². The van der Waals surface area contributed by atoms with Gasteiger partial charge in [-0.15, -0.1) is 0 Å². The smallest absolute Gasteiger partial charge is 0.0357 e. The van der Waals surface area contributed by atoms with E-state index in [-0.39, 0.29) is 0 Å². The molecule has 0 radical (unpaired) electrons. The summed E-state index contributed by atoms with van der Waals surface area (Å²) in [7, 11) is 0. The van der Waals surface area contributed by atoms with Crippen LogP contribution in [-0.4, -0.2) is 23.5 Å². The molecule has 2 unspecified atom stereocenters. The average molecular weight is 199 g/mol. The van der Waals surface area contributed by atoms with Crippen LogP contribution < -0.4 is 0 Å². The van der Waals surface area contributed by atoms with E-state index in [4.69, 9.17) is 0 Å². The molecule has 1 saturated heterocycles. The molecule has 0 bridgehead atoms. The van der Waals surface area contributed by atoms with E-state index < -0.39 is 0 Å². The van der Waals surface area contributed by atoms with Crippen molar-refractivity contribution in [2.24, 2.45) is 0 Å². The molecule has 1 aromatic carbocycles. The quantitative estimate of drug-likeness (QED) is 0.672. The summed E-state index contributed by atoms with van der Waals surface area (Å²) in [6, 6.07) is 12.2. The van der Waals surface area contributed by atoms with E-state index in [1.54, 1.807) is 5.57 Å². The summed E-state index contributed by atoms with van der Waals surface area (Å²) in [5, 5.41) is 0. The molecule has 3 rings (SSSR count). The van der Waals surface area contributed by atoms with Gasteiger partial charge in [-0.2, -0.15) is 0 Å². The second-order valence-corrected chi connectivity index (χ2v) is 4.62. The normalized spacial score (nSPS) is 30.3. The van der Waals surface area contributed by atoms with Crippen molar-refractivity contribution in [3.8, 4) is 0 Å². The van der Waals surface area contributed by atoms with Crippen LogP contribution in [0.2, 0.25) is 0 Å². The van der Waals surface area contributed by atoms with Crippen LogP contribution in [-0.2, 0) is 0 Å². The molecule has 2 atom stereocenters. The molecule has 0 saturated carbocycles. The Morgan fingerprint density at radius 3 is 2.80 bits per heavy atom. The minimum absolute atomic E-state index is 0.632. The Morgan fingerprint density at radius 1 is 1.20 bits per heavy atom. The van der Waals surface area contributed by atoms with Gasteiger partial charge in [-0.05, 0) is 37.4 Å². The second-order valence-electron chi connectivity index (χ2n) is 4.62. The van der Waals surface area contributed by atoms with Crippen molar-refractivity contribution in [1.82, 2.24) is 4.90 Å². The monoisotopic (exact) mass is 199 g/mol. The van der Waals surface area contributed by atoms with Crippen LogP contribution in [0.15, 0.2) is 36.4 Å². The summed E-state index contributed by atoms with van der Waals surface area (Å²) >= 11 is 0. The lowest BCUT2D eigenvalue weighted by Crippen LogP contribution is -2.30.